The van der Waals surface area contributed by atoms with Gasteiger partial charge in [0.1, 0.15) is 5.52 Å². The Kier molecular flexibility index (Phi) is 5.39. The van der Waals surface area contributed by atoms with Gasteiger partial charge in [-0.3, -0.25) is 9.78 Å². The molecule has 0 saturated carbocycles. The van der Waals surface area contributed by atoms with Gasteiger partial charge < -0.3 is 9.73 Å². The van der Waals surface area contributed by atoms with Gasteiger partial charge in [0.25, 0.3) is 11.1 Å². The third-order valence-electron chi connectivity index (χ3n) is 4.33. The fourth-order valence-electron chi connectivity index (χ4n) is 2.86. The predicted molar refractivity (Wildman–Crippen MR) is 110 cm³/mol. The van der Waals surface area contributed by atoms with E-state index in [1.54, 1.807) is 12.4 Å². The maximum absolute atomic E-state index is 12.4. The first kappa shape index (κ1) is 18.3. The van der Waals surface area contributed by atoms with Crippen LogP contribution >= 0.6 is 11.8 Å². The molecule has 28 heavy (non-hydrogen) atoms. The number of rotatable bonds is 6. The van der Waals surface area contributed by atoms with Crippen molar-refractivity contribution in [3.8, 4) is 0 Å². The van der Waals surface area contributed by atoms with Crippen molar-refractivity contribution in [1.29, 1.82) is 0 Å². The highest BCUT2D eigenvalue weighted by Crippen LogP contribution is 2.27. The molecule has 1 N–H and O–H groups in total. The molecule has 0 unspecified atom stereocenters. The van der Waals surface area contributed by atoms with Crippen molar-refractivity contribution in [3.05, 3.63) is 89.2 Å². The summed E-state index contributed by atoms with van der Waals surface area (Å²) in [7, 11) is 0. The van der Waals surface area contributed by atoms with Crippen LogP contribution in [0.5, 0.6) is 0 Å². The summed E-state index contributed by atoms with van der Waals surface area (Å²) in [4.78, 5) is 21.0. The first-order valence-corrected chi connectivity index (χ1v) is 9.92. The number of nitrogens with zero attached hydrogens (tertiary/aromatic N) is 2. The number of hydrogen-bond donors (Lipinski definition) is 1. The van der Waals surface area contributed by atoms with Gasteiger partial charge in [0.2, 0.25) is 0 Å². The van der Waals surface area contributed by atoms with Crippen molar-refractivity contribution < 1.29 is 9.21 Å². The second-order valence-electron chi connectivity index (χ2n) is 6.43. The van der Waals surface area contributed by atoms with E-state index in [2.05, 4.69) is 15.3 Å². The van der Waals surface area contributed by atoms with Crippen molar-refractivity contribution in [1.82, 2.24) is 15.3 Å². The summed E-state index contributed by atoms with van der Waals surface area (Å²) in [5, 5.41) is 3.56. The van der Waals surface area contributed by atoms with Gasteiger partial charge in [0.15, 0.2) is 5.58 Å². The molecule has 2 aromatic heterocycles. The monoisotopic (exact) mass is 389 g/mol. The Balaban J connectivity index is 1.40. The van der Waals surface area contributed by atoms with Crippen LogP contribution in [0.1, 0.15) is 27.0 Å². The molecule has 0 atom stereocenters. The molecule has 0 bridgehead atoms. The van der Waals surface area contributed by atoms with E-state index in [1.165, 1.54) is 11.8 Å². The molecule has 0 radical (unpaired) electrons. The van der Waals surface area contributed by atoms with E-state index in [0.29, 0.717) is 23.1 Å². The van der Waals surface area contributed by atoms with E-state index in [1.807, 2.05) is 61.5 Å². The van der Waals surface area contributed by atoms with Crippen molar-refractivity contribution in [2.45, 2.75) is 24.4 Å². The largest absolute Gasteiger partial charge is 0.431 e. The first-order valence-electron chi connectivity index (χ1n) is 8.94. The summed E-state index contributed by atoms with van der Waals surface area (Å²) in [6.45, 7) is 2.47. The molecule has 2 aromatic carbocycles. The zero-order valence-corrected chi connectivity index (χ0v) is 16.2. The van der Waals surface area contributed by atoms with E-state index >= 15 is 0 Å². The molecule has 0 saturated heterocycles. The molecule has 0 fully saturated rings. The maximum atomic E-state index is 12.4. The Bertz CT molecular complexity index is 1110. The van der Waals surface area contributed by atoms with Crippen LogP contribution < -0.4 is 5.32 Å². The molecule has 2 heterocycles. The van der Waals surface area contributed by atoms with Crippen LogP contribution in [0.25, 0.3) is 11.1 Å². The number of carbonyl (C=O) groups excluding carboxylic acids is 1. The molecule has 140 valence electrons. The lowest BCUT2D eigenvalue weighted by atomic mass is 10.1. The summed E-state index contributed by atoms with van der Waals surface area (Å²) >= 11 is 1.52. The molecular weight excluding hydrogens is 370 g/mol. The molecule has 0 spiro atoms. The van der Waals surface area contributed by atoms with Crippen LogP contribution in [-0.2, 0) is 12.3 Å². The number of hydrogen-bond acceptors (Lipinski definition) is 5. The van der Waals surface area contributed by atoms with Crippen molar-refractivity contribution >= 4 is 28.8 Å². The topological polar surface area (TPSA) is 68.0 Å². The quantitative estimate of drug-likeness (QED) is 0.482. The van der Waals surface area contributed by atoms with E-state index in [4.69, 9.17) is 4.42 Å². The minimum atomic E-state index is -0.104. The zero-order chi connectivity index (χ0) is 19.3. The average molecular weight is 389 g/mol. The Labute approximate surface area is 167 Å². The van der Waals surface area contributed by atoms with Gasteiger partial charge in [0.05, 0.1) is 0 Å². The van der Waals surface area contributed by atoms with Gasteiger partial charge in [0, 0.05) is 30.3 Å². The van der Waals surface area contributed by atoms with Gasteiger partial charge in [-0.15, -0.1) is 0 Å². The minimum absolute atomic E-state index is 0.104. The van der Waals surface area contributed by atoms with Crippen LogP contribution in [0.4, 0.5) is 0 Å². The highest BCUT2D eigenvalue weighted by Gasteiger charge is 2.10. The highest BCUT2D eigenvalue weighted by atomic mass is 32.2. The number of aromatic nitrogens is 2. The summed E-state index contributed by atoms with van der Waals surface area (Å²) in [5.74, 6) is 0.573. The van der Waals surface area contributed by atoms with Crippen LogP contribution in [0.15, 0.2) is 76.6 Å². The number of carbonyl (C=O) groups is 1. The number of thioether (sulfide) groups is 1. The predicted octanol–water partition coefficient (Wildman–Crippen LogP) is 4.75. The summed E-state index contributed by atoms with van der Waals surface area (Å²) in [6.07, 6.45) is 3.46. The third-order valence-corrected chi connectivity index (χ3v) is 5.23. The minimum Gasteiger partial charge on any atom is -0.431 e. The highest BCUT2D eigenvalue weighted by molar-refractivity contribution is 7.98. The normalized spacial score (nSPS) is 10.9. The molecule has 0 aliphatic heterocycles. The average Bonchev–Trinajstić information content (AvgIpc) is 3.16. The molecule has 4 rings (SSSR count). The number of benzene rings is 2. The fourth-order valence-corrected chi connectivity index (χ4v) is 3.64. The van der Waals surface area contributed by atoms with Crippen molar-refractivity contribution in [2.24, 2.45) is 0 Å². The van der Waals surface area contributed by atoms with Crippen molar-refractivity contribution in [2.75, 3.05) is 0 Å². The van der Waals surface area contributed by atoms with Crippen LogP contribution in [0.2, 0.25) is 0 Å². The van der Waals surface area contributed by atoms with E-state index in [0.717, 1.165) is 27.8 Å². The number of aryl methyl sites for hydroxylation is 1. The van der Waals surface area contributed by atoms with E-state index in [-0.39, 0.29) is 5.91 Å². The van der Waals surface area contributed by atoms with Crippen LogP contribution in [0, 0.1) is 6.92 Å². The van der Waals surface area contributed by atoms with E-state index in [9.17, 15) is 4.79 Å². The molecule has 5 nitrogen and oxygen atoms in total. The number of pyridine rings is 1. The second-order valence-corrected chi connectivity index (χ2v) is 7.36. The number of para-hydroxylation sites is 1. The molecule has 1 amide bonds. The van der Waals surface area contributed by atoms with E-state index < -0.39 is 0 Å². The number of oxazole rings is 1. The lowest BCUT2D eigenvalue weighted by Crippen LogP contribution is -2.22. The lowest BCUT2D eigenvalue weighted by Gasteiger charge is -2.06. The fraction of sp³-hybridized carbons (Fsp3) is 0.136. The lowest BCUT2D eigenvalue weighted by molar-refractivity contribution is 0.0951. The van der Waals surface area contributed by atoms with Gasteiger partial charge in [-0.25, -0.2) is 4.98 Å². The molecule has 0 aliphatic rings. The SMILES string of the molecule is Cc1cccc2oc(SCc3cccc(C(=O)NCc4cccnc4)c3)nc12. The van der Waals surface area contributed by atoms with Crippen LogP contribution in [0.3, 0.4) is 0 Å². The molecule has 6 heteroatoms. The van der Waals surface area contributed by atoms with Gasteiger partial charge in [-0.2, -0.15) is 0 Å². The van der Waals surface area contributed by atoms with Crippen molar-refractivity contribution in [3.63, 3.8) is 0 Å². The van der Waals surface area contributed by atoms with Gasteiger partial charge >= 0.3 is 0 Å². The third kappa shape index (κ3) is 4.23. The number of nitrogens with one attached hydrogen (secondary N) is 1. The van der Waals surface area contributed by atoms with Gasteiger partial charge in [-0.1, -0.05) is 42.1 Å². The Morgan fingerprint density at radius 1 is 1.11 bits per heavy atom. The molecule has 4 aromatic rings. The van der Waals surface area contributed by atoms with Crippen LogP contribution in [-0.4, -0.2) is 15.9 Å². The Hall–Kier alpha value is -3.12. The zero-order valence-electron chi connectivity index (χ0n) is 15.4. The summed E-state index contributed by atoms with van der Waals surface area (Å²) in [6, 6.07) is 17.3. The summed E-state index contributed by atoms with van der Waals surface area (Å²) < 4.78 is 5.80. The first-order chi connectivity index (χ1) is 13.7. The second kappa shape index (κ2) is 8.27. The Morgan fingerprint density at radius 2 is 1.96 bits per heavy atom. The molecular formula is C22H19N3O2S. The summed E-state index contributed by atoms with van der Waals surface area (Å²) in [5.41, 5.74) is 5.43. The standard InChI is InChI=1S/C22H19N3O2S/c1-15-5-2-9-19-20(15)25-22(27-19)28-14-16-6-3-8-18(11-16)21(26)24-13-17-7-4-10-23-12-17/h2-12H,13-14H2,1H3,(H,24,26). The number of fused-ring (bicyclic) bond motifs is 1. The smallest absolute Gasteiger partial charge is 0.257 e. The maximum Gasteiger partial charge on any atom is 0.257 e. The van der Waals surface area contributed by atoms with Gasteiger partial charge in [-0.05, 0) is 47.9 Å². The molecule has 0 aliphatic carbocycles. The Morgan fingerprint density at radius 3 is 2.79 bits per heavy atom. The number of amides is 1.